The normalized spacial score (nSPS) is 15.1. The Labute approximate surface area is 178 Å². The van der Waals surface area contributed by atoms with Crippen LogP contribution >= 0.6 is 23.1 Å². The number of rotatable bonds is 4. The van der Waals surface area contributed by atoms with Crippen molar-refractivity contribution in [2.45, 2.75) is 77.0 Å². The van der Waals surface area contributed by atoms with Gasteiger partial charge in [0.15, 0.2) is 5.16 Å². The van der Waals surface area contributed by atoms with E-state index in [1.165, 1.54) is 23.1 Å². The Hall–Kier alpha value is -1.87. The zero-order valence-electron chi connectivity index (χ0n) is 17.5. The molecule has 1 aliphatic carbocycles. The van der Waals surface area contributed by atoms with Crippen molar-refractivity contribution in [3.05, 3.63) is 20.8 Å². The highest BCUT2D eigenvalue weighted by molar-refractivity contribution is 7.99. The monoisotopic (exact) mass is 436 g/mol. The number of urea groups is 1. The van der Waals surface area contributed by atoms with Gasteiger partial charge < -0.3 is 5.32 Å². The van der Waals surface area contributed by atoms with Crippen LogP contribution < -0.4 is 16.2 Å². The molecule has 0 saturated heterocycles. The van der Waals surface area contributed by atoms with E-state index in [4.69, 9.17) is 4.98 Å². The van der Waals surface area contributed by atoms with Crippen LogP contribution in [0.15, 0.2) is 9.95 Å². The maximum atomic E-state index is 13.3. The van der Waals surface area contributed by atoms with Crippen LogP contribution in [0.4, 0.5) is 4.79 Å². The molecule has 7 nitrogen and oxygen atoms in total. The predicted molar refractivity (Wildman–Crippen MR) is 118 cm³/mol. The van der Waals surface area contributed by atoms with Crippen LogP contribution in [-0.2, 0) is 4.79 Å². The van der Waals surface area contributed by atoms with Crippen LogP contribution in [0.2, 0.25) is 0 Å². The van der Waals surface area contributed by atoms with Crippen LogP contribution in [0.3, 0.4) is 0 Å². The van der Waals surface area contributed by atoms with Crippen molar-refractivity contribution in [3.63, 3.8) is 0 Å². The summed E-state index contributed by atoms with van der Waals surface area (Å²) in [7, 11) is 0. The quantitative estimate of drug-likeness (QED) is 0.560. The largest absolute Gasteiger partial charge is 0.333 e. The number of hydrogen-bond donors (Lipinski definition) is 2. The third-order valence-electron chi connectivity index (χ3n) is 4.97. The summed E-state index contributed by atoms with van der Waals surface area (Å²) >= 11 is 2.72. The molecule has 29 heavy (non-hydrogen) atoms. The first-order valence-corrected chi connectivity index (χ1v) is 11.6. The van der Waals surface area contributed by atoms with Gasteiger partial charge in [-0.15, -0.1) is 11.3 Å². The number of nitrogens with one attached hydrogen (secondary N) is 2. The minimum absolute atomic E-state index is 0.0165. The first-order chi connectivity index (χ1) is 13.6. The Morgan fingerprint density at radius 3 is 2.52 bits per heavy atom. The van der Waals surface area contributed by atoms with E-state index in [2.05, 4.69) is 10.6 Å². The molecule has 0 radical (unpaired) electrons. The van der Waals surface area contributed by atoms with E-state index >= 15 is 0 Å². The van der Waals surface area contributed by atoms with Crippen molar-refractivity contribution in [3.8, 4) is 0 Å². The van der Waals surface area contributed by atoms with Crippen LogP contribution in [0.5, 0.6) is 0 Å². The molecular weight excluding hydrogens is 408 g/mol. The summed E-state index contributed by atoms with van der Waals surface area (Å²) in [5, 5.41) is 6.29. The Morgan fingerprint density at radius 2 is 1.90 bits per heavy atom. The van der Waals surface area contributed by atoms with Gasteiger partial charge in [-0.25, -0.2) is 9.78 Å². The van der Waals surface area contributed by atoms with Gasteiger partial charge in [0.2, 0.25) is 5.91 Å². The molecule has 0 aromatic carbocycles. The third-order valence-corrected chi connectivity index (χ3v) is 7.02. The molecule has 2 aromatic heterocycles. The van der Waals surface area contributed by atoms with Gasteiger partial charge in [0, 0.05) is 16.5 Å². The molecule has 1 saturated carbocycles. The standard InChI is InChI=1S/C20H28N4O3S2/c1-11-12(2)29-16-15(11)17(26)24(13-8-6-7-9-13)19(22-16)28-10-14(25)21-18(27)23-20(3,4)5/h13H,6-10H2,1-5H3,(H2,21,23,25,27). The van der Waals surface area contributed by atoms with Crippen molar-refractivity contribution in [2.24, 2.45) is 0 Å². The van der Waals surface area contributed by atoms with Gasteiger partial charge in [-0.05, 0) is 53.0 Å². The van der Waals surface area contributed by atoms with E-state index in [9.17, 15) is 14.4 Å². The number of carbonyl (C=O) groups excluding carboxylic acids is 2. The maximum absolute atomic E-state index is 13.3. The molecule has 0 bridgehead atoms. The fourth-order valence-corrected chi connectivity index (χ4v) is 5.48. The summed E-state index contributed by atoms with van der Waals surface area (Å²) in [5.74, 6) is -0.395. The van der Waals surface area contributed by atoms with Crippen LogP contribution in [-0.4, -0.2) is 32.8 Å². The first kappa shape index (κ1) is 21.8. The van der Waals surface area contributed by atoms with Crippen LogP contribution in [0, 0.1) is 13.8 Å². The Balaban J connectivity index is 1.84. The molecule has 9 heteroatoms. The zero-order valence-corrected chi connectivity index (χ0v) is 19.2. The van der Waals surface area contributed by atoms with Crippen molar-refractivity contribution in [1.29, 1.82) is 0 Å². The first-order valence-electron chi connectivity index (χ1n) is 9.84. The van der Waals surface area contributed by atoms with E-state index in [0.29, 0.717) is 15.4 Å². The molecular formula is C20H28N4O3S2. The molecule has 1 aliphatic rings. The Morgan fingerprint density at radius 1 is 1.24 bits per heavy atom. The highest BCUT2D eigenvalue weighted by Gasteiger charge is 2.25. The van der Waals surface area contributed by atoms with Gasteiger partial charge in [0.05, 0.1) is 11.1 Å². The summed E-state index contributed by atoms with van der Waals surface area (Å²) in [6.07, 6.45) is 4.08. The van der Waals surface area contributed by atoms with Crippen molar-refractivity contribution < 1.29 is 9.59 Å². The maximum Gasteiger partial charge on any atom is 0.321 e. The second-order valence-corrected chi connectivity index (χ2v) is 10.7. The number of imide groups is 1. The fraction of sp³-hybridized carbons (Fsp3) is 0.600. The van der Waals surface area contributed by atoms with Gasteiger partial charge >= 0.3 is 6.03 Å². The molecule has 1 fully saturated rings. The predicted octanol–water partition coefficient (Wildman–Crippen LogP) is 3.91. The third kappa shape index (κ3) is 5.01. The molecule has 0 aliphatic heterocycles. The van der Waals surface area contributed by atoms with Gasteiger partial charge in [-0.2, -0.15) is 0 Å². The van der Waals surface area contributed by atoms with E-state index in [1.807, 2.05) is 34.6 Å². The number of thiophene rings is 1. The van der Waals surface area contributed by atoms with Crippen molar-refractivity contribution in [1.82, 2.24) is 20.2 Å². The minimum Gasteiger partial charge on any atom is -0.333 e. The summed E-state index contributed by atoms with van der Waals surface area (Å²) in [6, 6.07) is -0.405. The van der Waals surface area contributed by atoms with E-state index in [-0.39, 0.29) is 17.4 Å². The molecule has 0 unspecified atom stereocenters. The van der Waals surface area contributed by atoms with E-state index in [0.717, 1.165) is 36.1 Å². The number of nitrogens with zero attached hydrogens (tertiary/aromatic N) is 2. The zero-order chi connectivity index (χ0) is 21.3. The van der Waals surface area contributed by atoms with Crippen LogP contribution in [0.25, 0.3) is 10.2 Å². The van der Waals surface area contributed by atoms with Gasteiger partial charge in [0.1, 0.15) is 4.83 Å². The topological polar surface area (TPSA) is 93.1 Å². The lowest BCUT2D eigenvalue weighted by Crippen LogP contribution is -2.48. The molecule has 0 atom stereocenters. The lowest BCUT2D eigenvalue weighted by molar-refractivity contribution is -0.117. The van der Waals surface area contributed by atoms with Gasteiger partial charge in [-0.1, -0.05) is 24.6 Å². The highest BCUT2D eigenvalue weighted by Crippen LogP contribution is 2.34. The molecule has 3 amide bonds. The average Bonchev–Trinajstić information content (AvgIpc) is 3.20. The molecule has 2 aromatic rings. The van der Waals surface area contributed by atoms with E-state index < -0.39 is 17.5 Å². The summed E-state index contributed by atoms with van der Waals surface area (Å²) in [6.45, 7) is 9.49. The van der Waals surface area contributed by atoms with Crippen molar-refractivity contribution in [2.75, 3.05) is 5.75 Å². The molecule has 2 heterocycles. The number of amides is 3. The lowest BCUT2D eigenvalue weighted by Gasteiger charge is -2.20. The number of aryl methyl sites for hydroxylation is 2. The summed E-state index contributed by atoms with van der Waals surface area (Å²) in [4.78, 5) is 44.0. The summed E-state index contributed by atoms with van der Waals surface area (Å²) < 4.78 is 1.78. The Bertz CT molecular complexity index is 998. The fourth-order valence-electron chi connectivity index (χ4n) is 3.54. The van der Waals surface area contributed by atoms with Gasteiger partial charge in [0.25, 0.3) is 5.56 Å². The number of hydrogen-bond acceptors (Lipinski definition) is 6. The average molecular weight is 437 g/mol. The molecule has 158 valence electrons. The SMILES string of the molecule is Cc1sc2nc(SCC(=O)NC(=O)NC(C)(C)C)n(C3CCCC3)c(=O)c2c1C. The highest BCUT2D eigenvalue weighted by atomic mass is 32.2. The number of carbonyl (C=O) groups is 2. The van der Waals surface area contributed by atoms with Crippen molar-refractivity contribution >= 4 is 45.3 Å². The molecule has 3 rings (SSSR count). The van der Waals surface area contributed by atoms with Gasteiger partial charge in [-0.3, -0.25) is 19.5 Å². The second kappa shape index (κ2) is 8.47. The number of aromatic nitrogens is 2. The number of thioether (sulfide) groups is 1. The lowest BCUT2D eigenvalue weighted by atomic mass is 10.1. The minimum atomic E-state index is -0.524. The number of fused-ring (bicyclic) bond motifs is 1. The summed E-state index contributed by atoms with van der Waals surface area (Å²) in [5.41, 5.74) is 0.543. The Kier molecular flexibility index (Phi) is 6.38. The van der Waals surface area contributed by atoms with Crippen LogP contribution in [0.1, 0.15) is 62.9 Å². The molecule has 0 spiro atoms. The van der Waals surface area contributed by atoms with E-state index in [1.54, 1.807) is 4.57 Å². The molecule has 2 N–H and O–H groups in total. The second-order valence-electron chi connectivity index (χ2n) is 8.51. The smallest absolute Gasteiger partial charge is 0.321 e.